The molecule has 0 saturated carbocycles. The van der Waals surface area contributed by atoms with Crippen molar-refractivity contribution in [3.8, 4) is 0 Å². The molecule has 240 valence electrons. The van der Waals surface area contributed by atoms with Crippen molar-refractivity contribution in [2.75, 3.05) is 52.6 Å². The topological polar surface area (TPSA) is 160 Å². The van der Waals surface area contributed by atoms with E-state index in [1.807, 2.05) is 27.7 Å². The van der Waals surface area contributed by atoms with Crippen LogP contribution in [-0.4, -0.2) is 87.6 Å². The Morgan fingerprint density at radius 2 is 1.12 bits per heavy atom. The minimum atomic E-state index is -0.408. The van der Waals surface area contributed by atoms with Crippen molar-refractivity contribution in [1.82, 2.24) is 21.3 Å². The zero-order chi connectivity index (χ0) is 31.2. The summed E-state index contributed by atoms with van der Waals surface area (Å²) >= 11 is 0. The molecule has 0 aliphatic carbocycles. The summed E-state index contributed by atoms with van der Waals surface area (Å²) in [7, 11) is 0. The summed E-state index contributed by atoms with van der Waals surface area (Å²) in [5.41, 5.74) is -0.817. The van der Waals surface area contributed by atoms with Crippen LogP contribution in [0.4, 0.5) is 0 Å². The van der Waals surface area contributed by atoms with Crippen molar-refractivity contribution < 1.29 is 19.1 Å². The molecule has 0 radical (unpaired) electrons. The molecule has 2 unspecified atom stereocenters. The van der Waals surface area contributed by atoms with Crippen LogP contribution in [0.5, 0.6) is 0 Å². The second-order valence-corrected chi connectivity index (χ2v) is 11.9. The number of nitroso groups, excluding NO2 is 2. The quantitative estimate of drug-likeness (QED) is 0.0838. The number of carbonyl (C=O) groups is 2. The molecule has 12 heteroatoms. The fourth-order valence-corrected chi connectivity index (χ4v) is 3.92. The minimum absolute atomic E-state index is 0.0674. The van der Waals surface area contributed by atoms with Gasteiger partial charge in [-0.25, -0.2) is 0 Å². The highest BCUT2D eigenvalue weighted by Gasteiger charge is 2.27. The van der Waals surface area contributed by atoms with Gasteiger partial charge in [-0.05, 0) is 92.7 Å². The number of nitrogens with zero attached hydrogens (tertiary/aromatic N) is 2. The number of nitrogens with one attached hydrogen (secondary N) is 4. The summed E-state index contributed by atoms with van der Waals surface area (Å²) in [5.74, 6) is 0.155. The zero-order valence-corrected chi connectivity index (χ0v) is 26.7. The molecule has 12 nitrogen and oxygen atoms in total. The van der Waals surface area contributed by atoms with E-state index in [-0.39, 0.29) is 23.9 Å². The van der Waals surface area contributed by atoms with E-state index in [0.717, 1.165) is 32.3 Å². The lowest BCUT2D eigenvalue weighted by Gasteiger charge is -2.31. The van der Waals surface area contributed by atoms with Gasteiger partial charge in [0, 0.05) is 43.6 Å². The van der Waals surface area contributed by atoms with E-state index < -0.39 is 11.1 Å². The Morgan fingerprint density at radius 1 is 0.683 bits per heavy atom. The van der Waals surface area contributed by atoms with Crippen molar-refractivity contribution in [2.45, 2.75) is 117 Å². The fraction of sp³-hybridized carbons (Fsp3) is 0.931. The van der Waals surface area contributed by atoms with Gasteiger partial charge in [-0.15, -0.1) is 0 Å². The Morgan fingerprint density at radius 3 is 1.59 bits per heavy atom. The molecule has 0 heterocycles. The van der Waals surface area contributed by atoms with Crippen LogP contribution in [0.25, 0.3) is 0 Å². The van der Waals surface area contributed by atoms with Gasteiger partial charge >= 0.3 is 0 Å². The average molecular weight is 587 g/mol. The van der Waals surface area contributed by atoms with E-state index in [0.29, 0.717) is 71.2 Å². The molecule has 0 aromatic rings. The second kappa shape index (κ2) is 22.6. The molecule has 0 fully saturated rings. The van der Waals surface area contributed by atoms with Crippen LogP contribution in [0.15, 0.2) is 10.4 Å². The van der Waals surface area contributed by atoms with Gasteiger partial charge in [0.1, 0.15) is 12.1 Å². The monoisotopic (exact) mass is 586 g/mol. The van der Waals surface area contributed by atoms with Crippen molar-refractivity contribution in [2.24, 2.45) is 16.3 Å². The molecule has 4 N–H and O–H groups in total. The molecule has 2 amide bonds. The van der Waals surface area contributed by atoms with Crippen molar-refractivity contribution in [3.63, 3.8) is 0 Å². The van der Waals surface area contributed by atoms with Crippen LogP contribution in [0.2, 0.25) is 0 Å². The van der Waals surface area contributed by atoms with Crippen LogP contribution in [0.1, 0.15) is 93.4 Å². The van der Waals surface area contributed by atoms with Gasteiger partial charge in [-0.3, -0.25) is 9.59 Å². The van der Waals surface area contributed by atoms with Crippen LogP contribution in [0.3, 0.4) is 0 Å². The minimum Gasteiger partial charge on any atom is -0.379 e. The lowest BCUT2D eigenvalue weighted by atomic mass is 9.92. The molecule has 41 heavy (non-hydrogen) atoms. The highest BCUT2D eigenvalue weighted by atomic mass is 16.5. The van der Waals surface area contributed by atoms with Crippen LogP contribution >= 0.6 is 0 Å². The molecule has 0 aliphatic heterocycles. The predicted octanol–water partition coefficient (Wildman–Crippen LogP) is 3.67. The Balaban J connectivity index is 4.41. The van der Waals surface area contributed by atoms with E-state index in [9.17, 15) is 19.4 Å². The Kier molecular flexibility index (Phi) is 21.4. The van der Waals surface area contributed by atoms with E-state index in [1.165, 1.54) is 0 Å². The van der Waals surface area contributed by atoms with Gasteiger partial charge in [0.25, 0.3) is 0 Å². The van der Waals surface area contributed by atoms with Gasteiger partial charge in [-0.2, -0.15) is 9.81 Å². The normalized spacial score (nSPS) is 14.2. The first-order chi connectivity index (χ1) is 19.4. The van der Waals surface area contributed by atoms with Gasteiger partial charge in [0.15, 0.2) is 0 Å². The number of amides is 2. The van der Waals surface area contributed by atoms with E-state index in [4.69, 9.17) is 9.47 Å². The molecule has 0 aliphatic rings. The maximum atomic E-state index is 12.3. The lowest BCUT2D eigenvalue weighted by Crippen LogP contribution is -2.48. The van der Waals surface area contributed by atoms with Crippen LogP contribution in [0, 0.1) is 15.7 Å². The number of rotatable bonds is 27. The molecule has 0 bridgehead atoms. The highest BCUT2D eigenvalue weighted by molar-refractivity contribution is 5.78. The standard InChI is InChI=1S/C29H58N6O6/c1-8-19-40-21-22-41-20-18-31-27(37)11-9-10-26(36)30-15-12-25(13-16-32-28(4,5)23(2)34-38)14-17-33-29(6,7)24(3)35-39/h23-25,32-33H,8-22H2,1-7H3,(H,30,36)(H,31,37). The van der Waals surface area contributed by atoms with Crippen LogP contribution in [-0.2, 0) is 19.1 Å². The van der Waals surface area contributed by atoms with Gasteiger partial charge < -0.3 is 30.7 Å². The molecular weight excluding hydrogens is 528 g/mol. The van der Waals surface area contributed by atoms with E-state index in [1.54, 1.807) is 13.8 Å². The first-order valence-corrected chi connectivity index (χ1v) is 15.2. The Hall–Kier alpha value is -2.02. The smallest absolute Gasteiger partial charge is 0.220 e. The third kappa shape index (κ3) is 19.7. The molecule has 0 rings (SSSR count). The predicted molar refractivity (Wildman–Crippen MR) is 164 cm³/mol. The largest absolute Gasteiger partial charge is 0.379 e. The van der Waals surface area contributed by atoms with Crippen molar-refractivity contribution in [3.05, 3.63) is 9.81 Å². The molecule has 2 atom stereocenters. The molecule has 0 spiro atoms. The molecule has 0 aromatic heterocycles. The van der Waals surface area contributed by atoms with Gasteiger partial charge in [0.2, 0.25) is 11.8 Å². The lowest BCUT2D eigenvalue weighted by molar-refractivity contribution is -0.122. The maximum absolute atomic E-state index is 12.3. The number of hydrogen-bond acceptors (Lipinski definition) is 10. The second-order valence-electron chi connectivity index (χ2n) is 11.9. The summed E-state index contributed by atoms with van der Waals surface area (Å²) < 4.78 is 10.7. The highest BCUT2D eigenvalue weighted by Crippen LogP contribution is 2.18. The Labute approximate surface area is 247 Å². The fourth-order valence-electron chi connectivity index (χ4n) is 3.92. The van der Waals surface area contributed by atoms with Gasteiger partial charge in [-0.1, -0.05) is 17.3 Å². The summed E-state index contributed by atoms with van der Waals surface area (Å²) in [4.78, 5) is 46.3. The summed E-state index contributed by atoms with van der Waals surface area (Å²) in [6.07, 6.45) is 4.57. The van der Waals surface area contributed by atoms with E-state index in [2.05, 4.69) is 38.5 Å². The number of carbonyl (C=O) groups excluding carboxylic acids is 2. The van der Waals surface area contributed by atoms with E-state index >= 15 is 0 Å². The molecular formula is C29H58N6O6. The van der Waals surface area contributed by atoms with Crippen molar-refractivity contribution in [1.29, 1.82) is 0 Å². The maximum Gasteiger partial charge on any atom is 0.220 e. The Bertz CT molecular complexity index is 705. The molecule has 0 saturated heterocycles. The summed E-state index contributed by atoms with van der Waals surface area (Å²) in [6, 6.07) is -0.711. The number of ether oxygens (including phenoxy) is 2. The SMILES string of the molecule is CCCOCCOCCNC(=O)CCCC(=O)NCCC(CCNC(C)(C)C(C)N=O)CCNC(C)(C)C(C)N=O. The first kappa shape index (κ1) is 39.0. The van der Waals surface area contributed by atoms with Crippen LogP contribution < -0.4 is 21.3 Å². The average Bonchev–Trinajstić information content (AvgIpc) is 2.92. The van der Waals surface area contributed by atoms with Crippen molar-refractivity contribution >= 4 is 11.8 Å². The molecule has 0 aromatic carbocycles. The summed E-state index contributed by atoms with van der Waals surface area (Å²) in [6.45, 7) is 18.1. The third-order valence-corrected chi connectivity index (χ3v) is 7.64. The number of hydrogen-bond donors (Lipinski definition) is 4. The van der Waals surface area contributed by atoms with Gasteiger partial charge in [0.05, 0.1) is 19.8 Å². The third-order valence-electron chi connectivity index (χ3n) is 7.64. The summed E-state index contributed by atoms with van der Waals surface area (Å²) in [5, 5.41) is 19.0. The first-order valence-electron chi connectivity index (χ1n) is 15.2. The zero-order valence-electron chi connectivity index (χ0n) is 26.7.